The molecule has 0 aromatic heterocycles. The SMILES string of the molecule is CNC(CCO)CN(CCOC)C(C)C. The molecule has 0 fully saturated rings. The smallest absolute Gasteiger partial charge is 0.0589 e. The van der Waals surface area contributed by atoms with Crippen molar-refractivity contribution in [2.45, 2.75) is 32.4 Å². The van der Waals surface area contributed by atoms with E-state index in [0.717, 1.165) is 26.1 Å². The van der Waals surface area contributed by atoms with Crippen LogP contribution in [-0.2, 0) is 4.74 Å². The molecule has 1 atom stereocenters. The van der Waals surface area contributed by atoms with Crippen molar-refractivity contribution in [3.05, 3.63) is 0 Å². The standard InChI is InChI=1S/C11H26N2O2/c1-10(2)13(6-8-15-4)9-11(12-3)5-7-14/h10-12,14H,5-9H2,1-4H3. The van der Waals surface area contributed by atoms with Gasteiger partial charge in [-0.25, -0.2) is 0 Å². The number of nitrogens with zero attached hydrogens (tertiary/aromatic N) is 1. The molecule has 1 unspecified atom stereocenters. The van der Waals surface area contributed by atoms with Gasteiger partial charge in [0.2, 0.25) is 0 Å². The first kappa shape index (κ1) is 14.8. The van der Waals surface area contributed by atoms with Crippen molar-refractivity contribution in [2.75, 3.05) is 40.5 Å². The van der Waals surface area contributed by atoms with Gasteiger partial charge in [-0.1, -0.05) is 0 Å². The van der Waals surface area contributed by atoms with Gasteiger partial charge in [0, 0.05) is 38.9 Å². The van der Waals surface area contributed by atoms with E-state index in [0.29, 0.717) is 12.1 Å². The minimum Gasteiger partial charge on any atom is -0.396 e. The summed E-state index contributed by atoms with van der Waals surface area (Å²) < 4.78 is 5.09. The van der Waals surface area contributed by atoms with Crippen LogP contribution in [0.4, 0.5) is 0 Å². The lowest BCUT2D eigenvalue weighted by Crippen LogP contribution is -2.44. The first-order valence-corrected chi connectivity index (χ1v) is 5.66. The number of likely N-dealkylation sites (N-methyl/N-ethyl adjacent to an activating group) is 1. The molecule has 0 aliphatic carbocycles. The van der Waals surface area contributed by atoms with Gasteiger partial charge in [-0.3, -0.25) is 4.90 Å². The van der Waals surface area contributed by atoms with E-state index in [1.807, 2.05) is 7.05 Å². The van der Waals surface area contributed by atoms with Crippen molar-refractivity contribution in [3.63, 3.8) is 0 Å². The van der Waals surface area contributed by atoms with Crippen LogP contribution >= 0.6 is 0 Å². The van der Waals surface area contributed by atoms with Crippen LogP contribution in [0, 0.1) is 0 Å². The largest absolute Gasteiger partial charge is 0.396 e. The maximum absolute atomic E-state index is 8.91. The fourth-order valence-corrected chi connectivity index (χ4v) is 1.53. The molecule has 92 valence electrons. The molecule has 0 aromatic carbocycles. The van der Waals surface area contributed by atoms with Gasteiger partial charge in [-0.15, -0.1) is 0 Å². The number of aliphatic hydroxyl groups is 1. The van der Waals surface area contributed by atoms with Crippen molar-refractivity contribution in [1.82, 2.24) is 10.2 Å². The van der Waals surface area contributed by atoms with Gasteiger partial charge < -0.3 is 15.2 Å². The predicted octanol–water partition coefficient (Wildman–Crippen LogP) is 0.314. The Hall–Kier alpha value is -0.160. The topological polar surface area (TPSA) is 44.7 Å². The third kappa shape index (κ3) is 6.84. The third-order valence-electron chi connectivity index (χ3n) is 2.65. The molecule has 0 saturated carbocycles. The number of hydrogen-bond acceptors (Lipinski definition) is 4. The van der Waals surface area contributed by atoms with Gasteiger partial charge in [0.25, 0.3) is 0 Å². The first-order valence-electron chi connectivity index (χ1n) is 5.66. The highest BCUT2D eigenvalue weighted by molar-refractivity contribution is 4.72. The minimum atomic E-state index is 0.238. The number of hydrogen-bond donors (Lipinski definition) is 2. The van der Waals surface area contributed by atoms with Crippen molar-refractivity contribution in [2.24, 2.45) is 0 Å². The molecule has 0 radical (unpaired) electrons. The Morgan fingerprint density at radius 3 is 2.47 bits per heavy atom. The molecule has 0 aliphatic heterocycles. The van der Waals surface area contributed by atoms with Crippen molar-refractivity contribution in [1.29, 1.82) is 0 Å². The third-order valence-corrected chi connectivity index (χ3v) is 2.65. The molecule has 0 rings (SSSR count). The van der Waals surface area contributed by atoms with Crippen LogP contribution in [0.15, 0.2) is 0 Å². The summed E-state index contributed by atoms with van der Waals surface area (Å²) in [7, 11) is 3.66. The summed E-state index contributed by atoms with van der Waals surface area (Å²) in [6, 6.07) is 0.865. The Bertz CT molecular complexity index is 143. The summed E-state index contributed by atoms with van der Waals surface area (Å²) in [5.41, 5.74) is 0. The lowest BCUT2D eigenvalue weighted by atomic mass is 10.2. The van der Waals surface area contributed by atoms with Crippen LogP contribution in [0.1, 0.15) is 20.3 Å². The lowest BCUT2D eigenvalue weighted by molar-refractivity contribution is 0.118. The Morgan fingerprint density at radius 2 is 2.07 bits per heavy atom. The van der Waals surface area contributed by atoms with E-state index in [1.165, 1.54) is 0 Å². The maximum atomic E-state index is 8.91. The lowest BCUT2D eigenvalue weighted by Gasteiger charge is -2.30. The molecule has 0 spiro atoms. The van der Waals surface area contributed by atoms with Gasteiger partial charge in [0.1, 0.15) is 0 Å². The zero-order chi connectivity index (χ0) is 11.7. The molecule has 0 bridgehead atoms. The second kappa shape index (κ2) is 9.09. The normalized spacial score (nSPS) is 13.8. The fourth-order valence-electron chi connectivity index (χ4n) is 1.53. The van der Waals surface area contributed by atoms with Crippen molar-refractivity contribution in [3.8, 4) is 0 Å². The van der Waals surface area contributed by atoms with Gasteiger partial charge >= 0.3 is 0 Å². The zero-order valence-corrected chi connectivity index (χ0v) is 10.5. The summed E-state index contributed by atoms with van der Waals surface area (Å²) >= 11 is 0. The molecular formula is C11H26N2O2. The second-order valence-corrected chi connectivity index (χ2v) is 4.08. The van der Waals surface area contributed by atoms with Crippen LogP contribution in [0.5, 0.6) is 0 Å². The molecule has 4 nitrogen and oxygen atoms in total. The second-order valence-electron chi connectivity index (χ2n) is 4.08. The molecule has 0 aliphatic rings. The highest BCUT2D eigenvalue weighted by Gasteiger charge is 2.14. The van der Waals surface area contributed by atoms with E-state index in [4.69, 9.17) is 9.84 Å². The predicted molar refractivity (Wildman–Crippen MR) is 63.1 cm³/mol. The molecule has 4 heteroatoms. The number of methoxy groups -OCH3 is 1. The molecule has 2 N–H and O–H groups in total. The van der Waals surface area contributed by atoms with Gasteiger partial charge in [0.15, 0.2) is 0 Å². The minimum absolute atomic E-state index is 0.238. The van der Waals surface area contributed by atoms with E-state index < -0.39 is 0 Å². The Morgan fingerprint density at radius 1 is 1.40 bits per heavy atom. The molecule has 0 saturated heterocycles. The van der Waals surface area contributed by atoms with E-state index in [9.17, 15) is 0 Å². The van der Waals surface area contributed by atoms with Gasteiger partial charge in [-0.2, -0.15) is 0 Å². The van der Waals surface area contributed by atoms with Crippen LogP contribution in [0.25, 0.3) is 0 Å². The monoisotopic (exact) mass is 218 g/mol. The Labute approximate surface area is 93.6 Å². The van der Waals surface area contributed by atoms with Crippen LogP contribution in [0.3, 0.4) is 0 Å². The van der Waals surface area contributed by atoms with Gasteiger partial charge in [0.05, 0.1) is 6.61 Å². The van der Waals surface area contributed by atoms with E-state index in [-0.39, 0.29) is 6.61 Å². The quantitative estimate of drug-likeness (QED) is 0.585. The van der Waals surface area contributed by atoms with Crippen molar-refractivity contribution >= 4 is 0 Å². The zero-order valence-electron chi connectivity index (χ0n) is 10.5. The molecule has 0 aromatic rings. The fraction of sp³-hybridized carbons (Fsp3) is 1.00. The van der Waals surface area contributed by atoms with E-state index in [2.05, 4.69) is 24.1 Å². The van der Waals surface area contributed by atoms with Crippen LogP contribution < -0.4 is 5.32 Å². The summed E-state index contributed by atoms with van der Waals surface area (Å²) in [5.74, 6) is 0. The molecular weight excluding hydrogens is 192 g/mol. The van der Waals surface area contributed by atoms with E-state index >= 15 is 0 Å². The van der Waals surface area contributed by atoms with E-state index in [1.54, 1.807) is 7.11 Å². The molecule has 0 heterocycles. The maximum Gasteiger partial charge on any atom is 0.0589 e. The van der Waals surface area contributed by atoms with Crippen LogP contribution in [0.2, 0.25) is 0 Å². The Balaban J connectivity index is 4.00. The van der Waals surface area contributed by atoms with Crippen LogP contribution in [-0.4, -0.2) is 62.6 Å². The highest BCUT2D eigenvalue weighted by Crippen LogP contribution is 2.02. The van der Waals surface area contributed by atoms with Gasteiger partial charge in [-0.05, 0) is 27.3 Å². The number of rotatable bonds is 9. The molecule has 0 amide bonds. The highest BCUT2D eigenvalue weighted by atomic mass is 16.5. The summed E-state index contributed by atoms with van der Waals surface area (Å²) in [4.78, 5) is 2.36. The first-order chi connectivity index (χ1) is 7.15. The average molecular weight is 218 g/mol. The number of ether oxygens (including phenoxy) is 1. The summed E-state index contributed by atoms with van der Waals surface area (Å²) in [5, 5.41) is 12.1. The van der Waals surface area contributed by atoms with Crippen molar-refractivity contribution < 1.29 is 9.84 Å². The Kier molecular flexibility index (Phi) is 9.00. The average Bonchev–Trinajstić information content (AvgIpc) is 2.22. The summed E-state index contributed by atoms with van der Waals surface area (Å²) in [6.45, 7) is 7.26. The number of aliphatic hydroxyl groups excluding tert-OH is 1. The number of nitrogens with one attached hydrogen (secondary N) is 1. The summed E-state index contributed by atoms with van der Waals surface area (Å²) in [6.07, 6.45) is 0.798. The molecule has 15 heavy (non-hydrogen) atoms.